The molecule has 0 fully saturated rings. The number of carbonyl (C=O) groups excluding carboxylic acids is 1. The van der Waals surface area contributed by atoms with E-state index in [1.807, 2.05) is 41.1 Å². The fourth-order valence-corrected chi connectivity index (χ4v) is 2.68. The van der Waals surface area contributed by atoms with Crippen molar-refractivity contribution in [3.63, 3.8) is 0 Å². The zero-order chi connectivity index (χ0) is 13.9. The number of amides is 1. The molecule has 0 aliphatic carbocycles. The number of hydrogen-bond donors (Lipinski definition) is 2. The van der Waals surface area contributed by atoms with E-state index in [1.54, 1.807) is 12.4 Å². The largest absolute Gasteiger partial charge is 0.324 e. The molecule has 3 aromatic rings. The number of pyridine rings is 1. The zero-order valence-corrected chi connectivity index (χ0v) is 11.4. The van der Waals surface area contributed by atoms with Crippen molar-refractivity contribution in [2.75, 3.05) is 5.32 Å². The average Bonchev–Trinajstić information content (AvgIpc) is 3.00. The number of anilines is 1. The second-order valence-corrected chi connectivity index (χ2v) is 5.24. The van der Waals surface area contributed by atoms with Crippen LogP contribution in [0.1, 0.15) is 11.6 Å². The van der Waals surface area contributed by atoms with Gasteiger partial charge in [0.25, 0.3) is 0 Å². The number of nitrogens with two attached hydrogens (primary N) is 1. The molecule has 5 heteroatoms. The van der Waals surface area contributed by atoms with Gasteiger partial charge in [-0.05, 0) is 46.0 Å². The Balaban J connectivity index is 1.80. The van der Waals surface area contributed by atoms with E-state index in [2.05, 4.69) is 10.3 Å². The second-order valence-electron chi connectivity index (χ2n) is 4.46. The van der Waals surface area contributed by atoms with Crippen LogP contribution in [-0.2, 0) is 4.79 Å². The van der Waals surface area contributed by atoms with E-state index in [0.29, 0.717) is 0 Å². The molecule has 0 saturated heterocycles. The highest BCUT2D eigenvalue weighted by atomic mass is 32.1. The summed E-state index contributed by atoms with van der Waals surface area (Å²) in [5.41, 5.74) is 7.49. The third-order valence-corrected chi connectivity index (χ3v) is 3.79. The fraction of sp³-hybridized carbons (Fsp3) is 0.0667. The van der Waals surface area contributed by atoms with E-state index in [4.69, 9.17) is 5.73 Å². The first-order valence-corrected chi connectivity index (χ1v) is 7.10. The van der Waals surface area contributed by atoms with Crippen molar-refractivity contribution in [3.05, 3.63) is 59.0 Å². The lowest BCUT2D eigenvalue weighted by molar-refractivity contribution is -0.117. The number of nitrogens with one attached hydrogen (secondary N) is 1. The average molecular weight is 283 g/mol. The molecule has 0 bridgehead atoms. The molecular weight excluding hydrogens is 270 g/mol. The molecule has 0 aliphatic rings. The zero-order valence-electron chi connectivity index (χ0n) is 10.6. The highest BCUT2D eigenvalue weighted by molar-refractivity contribution is 7.08. The van der Waals surface area contributed by atoms with E-state index >= 15 is 0 Å². The standard InChI is InChI=1S/C15H13N3OS/c16-14(12-4-6-20-9-12)15(19)18-13-2-1-11-8-17-5-3-10(11)7-13/h1-9,14H,16H2,(H,18,19)/t14-/m1/s1. The van der Waals surface area contributed by atoms with Crippen molar-refractivity contribution >= 4 is 33.7 Å². The molecule has 20 heavy (non-hydrogen) atoms. The smallest absolute Gasteiger partial charge is 0.245 e. The summed E-state index contributed by atoms with van der Waals surface area (Å²) in [6, 6.07) is 8.81. The van der Waals surface area contributed by atoms with Crippen LogP contribution < -0.4 is 11.1 Å². The number of benzene rings is 1. The van der Waals surface area contributed by atoms with Crippen LogP contribution in [0.2, 0.25) is 0 Å². The van der Waals surface area contributed by atoms with Crippen LogP contribution in [-0.4, -0.2) is 10.9 Å². The Kier molecular flexibility index (Phi) is 3.45. The molecule has 3 N–H and O–H groups in total. The van der Waals surface area contributed by atoms with E-state index in [9.17, 15) is 4.79 Å². The maximum Gasteiger partial charge on any atom is 0.245 e. The van der Waals surface area contributed by atoms with E-state index in [-0.39, 0.29) is 5.91 Å². The fourth-order valence-electron chi connectivity index (χ4n) is 1.98. The molecule has 0 saturated carbocycles. The third kappa shape index (κ3) is 2.54. The van der Waals surface area contributed by atoms with Crippen LogP contribution in [0.15, 0.2) is 53.5 Å². The molecule has 0 aliphatic heterocycles. The molecule has 0 radical (unpaired) electrons. The van der Waals surface area contributed by atoms with Crippen LogP contribution in [0.5, 0.6) is 0 Å². The summed E-state index contributed by atoms with van der Waals surface area (Å²) in [7, 11) is 0. The van der Waals surface area contributed by atoms with Gasteiger partial charge in [0.05, 0.1) is 0 Å². The van der Waals surface area contributed by atoms with Gasteiger partial charge in [0.1, 0.15) is 6.04 Å². The molecule has 0 unspecified atom stereocenters. The molecule has 100 valence electrons. The molecule has 1 amide bonds. The van der Waals surface area contributed by atoms with Gasteiger partial charge in [-0.2, -0.15) is 11.3 Å². The molecule has 1 atom stereocenters. The number of rotatable bonds is 3. The minimum Gasteiger partial charge on any atom is -0.324 e. The minimum absolute atomic E-state index is 0.211. The maximum absolute atomic E-state index is 12.1. The summed E-state index contributed by atoms with van der Waals surface area (Å²) in [4.78, 5) is 16.2. The Morgan fingerprint density at radius 1 is 1.25 bits per heavy atom. The van der Waals surface area contributed by atoms with Crippen molar-refractivity contribution in [2.45, 2.75) is 6.04 Å². The van der Waals surface area contributed by atoms with Gasteiger partial charge < -0.3 is 11.1 Å². The topological polar surface area (TPSA) is 68.0 Å². The number of carbonyl (C=O) groups is 1. The van der Waals surface area contributed by atoms with Crippen molar-refractivity contribution in [2.24, 2.45) is 5.73 Å². The van der Waals surface area contributed by atoms with Crippen molar-refractivity contribution in [1.29, 1.82) is 0 Å². The van der Waals surface area contributed by atoms with Gasteiger partial charge in [-0.1, -0.05) is 6.07 Å². The predicted molar refractivity (Wildman–Crippen MR) is 81.6 cm³/mol. The number of nitrogens with zero attached hydrogens (tertiary/aromatic N) is 1. The van der Waals surface area contributed by atoms with Crippen LogP contribution in [0.4, 0.5) is 5.69 Å². The number of aromatic nitrogens is 1. The lowest BCUT2D eigenvalue weighted by Crippen LogP contribution is -2.27. The quantitative estimate of drug-likeness (QED) is 0.776. The van der Waals surface area contributed by atoms with Gasteiger partial charge in [-0.25, -0.2) is 0 Å². The molecule has 1 aromatic carbocycles. The summed E-state index contributed by atoms with van der Waals surface area (Å²) in [6.07, 6.45) is 3.52. The summed E-state index contributed by atoms with van der Waals surface area (Å²) < 4.78 is 0. The second kappa shape index (κ2) is 5.40. The first-order chi connectivity index (χ1) is 9.74. The highest BCUT2D eigenvalue weighted by Crippen LogP contribution is 2.20. The van der Waals surface area contributed by atoms with Gasteiger partial charge in [-0.3, -0.25) is 9.78 Å². The first kappa shape index (κ1) is 12.8. The Morgan fingerprint density at radius 3 is 2.95 bits per heavy atom. The van der Waals surface area contributed by atoms with E-state index in [0.717, 1.165) is 22.0 Å². The van der Waals surface area contributed by atoms with Crippen molar-refractivity contribution < 1.29 is 4.79 Å². The summed E-state index contributed by atoms with van der Waals surface area (Å²) in [5.74, 6) is -0.211. The maximum atomic E-state index is 12.1. The molecule has 2 aromatic heterocycles. The SMILES string of the molecule is N[C@@H](C(=O)Nc1ccc2cnccc2c1)c1ccsc1. The molecular formula is C15H13N3OS. The predicted octanol–water partition coefficient (Wildman–Crippen LogP) is 2.93. The summed E-state index contributed by atoms with van der Waals surface area (Å²) in [6.45, 7) is 0. The van der Waals surface area contributed by atoms with E-state index in [1.165, 1.54) is 11.3 Å². The lowest BCUT2D eigenvalue weighted by Gasteiger charge is -2.11. The van der Waals surface area contributed by atoms with Gasteiger partial charge >= 0.3 is 0 Å². The van der Waals surface area contributed by atoms with Crippen LogP contribution >= 0.6 is 11.3 Å². The molecule has 2 heterocycles. The number of hydrogen-bond acceptors (Lipinski definition) is 4. The van der Waals surface area contributed by atoms with Gasteiger partial charge in [0.15, 0.2) is 0 Å². The Labute approximate surface area is 120 Å². The highest BCUT2D eigenvalue weighted by Gasteiger charge is 2.16. The van der Waals surface area contributed by atoms with Crippen LogP contribution in [0, 0.1) is 0 Å². The van der Waals surface area contributed by atoms with Crippen molar-refractivity contribution in [3.8, 4) is 0 Å². The lowest BCUT2D eigenvalue weighted by atomic mass is 10.1. The minimum atomic E-state index is -0.644. The normalized spacial score (nSPS) is 12.2. The third-order valence-electron chi connectivity index (χ3n) is 3.09. The Bertz CT molecular complexity index is 740. The molecule has 0 spiro atoms. The Hall–Kier alpha value is -2.24. The van der Waals surface area contributed by atoms with Crippen LogP contribution in [0.25, 0.3) is 10.8 Å². The summed E-state index contributed by atoms with van der Waals surface area (Å²) in [5, 5.41) is 8.70. The van der Waals surface area contributed by atoms with Gasteiger partial charge in [-0.15, -0.1) is 0 Å². The Morgan fingerprint density at radius 2 is 2.15 bits per heavy atom. The molecule has 3 rings (SSSR count). The van der Waals surface area contributed by atoms with Crippen LogP contribution in [0.3, 0.4) is 0 Å². The van der Waals surface area contributed by atoms with Crippen molar-refractivity contribution in [1.82, 2.24) is 4.98 Å². The number of fused-ring (bicyclic) bond motifs is 1. The molecule has 4 nitrogen and oxygen atoms in total. The van der Waals surface area contributed by atoms with Gasteiger partial charge in [0, 0.05) is 23.5 Å². The van der Waals surface area contributed by atoms with Gasteiger partial charge in [0.2, 0.25) is 5.91 Å². The number of thiophene rings is 1. The summed E-state index contributed by atoms with van der Waals surface area (Å²) >= 11 is 1.53. The van der Waals surface area contributed by atoms with E-state index < -0.39 is 6.04 Å². The monoisotopic (exact) mass is 283 g/mol. The first-order valence-electron chi connectivity index (χ1n) is 6.16.